The van der Waals surface area contributed by atoms with Gasteiger partial charge in [0.05, 0.1) is 10.9 Å². The van der Waals surface area contributed by atoms with E-state index in [9.17, 15) is 17.6 Å². The van der Waals surface area contributed by atoms with Crippen molar-refractivity contribution >= 4 is 15.9 Å². The summed E-state index contributed by atoms with van der Waals surface area (Å²) in [5.41, 5.74) is 0. The molecule has 1 unspecified atom stereocenters. The Morgan fingerprint density at radius 1 is 1.00 bits per heavy atom. The van der Waals surface area contributed by atoms with Crippen LogP contribution < -0.4 is 0 Å². The van der Waals surface area contributed by atoms with Gasteiger partial charge in [0.2, 0.25) is 15.9 Å². The summed E-state index contributed by atoms with van der Waals surface area (Å²) >= 11 is 0. The van der Waals surface area contributed by atoms with Gasteiger partial charge in [0.1, 0.15) is 5.82 Å². The smallest absolute Gasteiger partial charge is 0.243 e. The Bertz CT molecular complexity index is 709. The van der Waals surface area contributed by atoms with Crippen LogP contribution in [-0.4, -0.2) is 73.7 Å². The molecule has 3 rings (SSSR count). The van der Waals surface area contributed by atoms with E-state index in [0.29, 0.717) is 26.2 Å². The number of hydrogen-bond donors (Lipinski definition) is 0. The van der Waals surface area contributed by atoms with Crippen LogP contribution >= 0.6 is 0 Å². The predicted octanol–water partition coefficient (Wildman–Crippen LogP) is 1.14. The Labute approximate surface area is 148 Å². The summed E-state index contributed by atoms with van der Waals surface area (Å²) in [6.45, 7) is 5.23. The topological polar surface area (TPSA) is 60.9 Å². The lowest BCUT2D eigenvalue weighted by Gasteiger charge is -2.37. The molecule has 0 bridgehead atoms. The Balaban J connectivity index is 1.61. The van der Waals surface area contributed by atoms with Crippen LogP contribution in [-0.2, 0) is 14.8 Å². The van der Waals surface area contributed by atoms with Crippen LogP contribution in [0.4, 0.5) is 4.39 Å². The van der Waals surface area contributed by atoms with E-state index in [4.69, 9.17) is 0 Å². The van der Waals surface area contributed by atoms with Gasteiger partial charge in [-0.05, 0) is 44.0 Å². The van der Waals surface area contributed by atoms with Crippen molar-refractivity contribution in [3.63, 3.8) is 0 Å². The number of likely N-dealkylation sites (tertiary alicyclic amines) is 1. The highest BCUT2D eigenvalue weighted by molar-refractivity contribution is 7.89. The van der Waals surface area contributed by atoms with Crippen molar-refractivity contribution in [1.82, 2.24) is 14.1 Å². The van der Waals surface area contributed by atoms with E-state index in [-0.39, 0.29) is 16.8 Å². The molecule has 2 aliphatic heterocycles. The first-order chi connectivity index (χ1) is 11.9. The molecule has 0 radical (unpaired) electrons. The molecular weight excluding hydrogens is 345 g/mol. The summed E-state index contributed by atoms with van der Waals surface area (Å²) in [4.78, 5) is 16.5. The first-order valence-corrected chi connectivity index (χ1v) is 10.1. The molecule has 6 nitrogen and oxygen atoms in total. The third kappa shape index (κ3) is 3.86. The number of sulfonamides is 1. The van der Waals surface area contributed by atoms with E-state index in [1.807, 2.05) is 16.7 Å². The van der Waals surface area contributed by atoms with Crippen LogP contribution in [0.1, 0.15) is 19.8 Å². The van der Waals surface area contributed by atoms with Gasteiger partial charge < -0.3 is 4.90 Å². The molecule has 2 heterocycles. The molecule has 0 aliphatic carbocycles. The fourth-order valence-corrected chi connectivity index (χ4v) is 4.87. The van der Waals surface area contributed by atoms with E-state index < -0.39 is 15.8 Å². The zero-order chi connectivity index (χ0) is 18.0. The summed E-state index contributed by atoms with van der Waals surface area (Å²) in [7, 11) is -3.62. The van der Waals surface area contributed by atoms with Crippen molar-refractivity contribution in [2.75, 3.05) is 39.3 Å². The Hall–Kier alpha value is -1.51. The van der Waals surface area contributed by atoms with Crippen molar-refractivity contribution < 1.29 is 17.6 Å². The van der Waals surface area contributed by atoms with Crippen LogP contribution in [0, 0.1) is 5.82 Å². The highest BCUT2D eigenvalue weighted by atomic mass is 32.2. The molecule has 2 saturated heterocycles. The number of piperazine rings is 1. The van der Waals surface area contributed by atoms with Gasteiger partial charge in [-0.1, -0.05) is 0 Å². The van der Waals surface area contributed by atoms with Crippen LogP contribution in [0.3, 0.4) is 0 Å². The number of benzene rings is 1. The lowest BCUT2D eigenvalue weighted by Crippen LogP contribution is -2.55. The van der Waals surface area contributed by atoms with E-state index >= 15 is 0 Å². The minimum absolute atomic E-state index is 0.101. The standard InChI is InChI=1S/C17H24FN3O3S/c1-14(17(22)20-8-2-3-9-20)19-10-12-21(13-11-19)25(23,24)16-6-4-15(18)5-7-16/h4-7,14H,2-3,8-13H2,1H3. The van der Waals surface area contributed by atoms with E-state index in [0.717, 1.165) is 38.1 Å². The third-order valence-electron chi connectivity index (χ3n) is 5.05. The molecule has 0 spiro atoms. The number of nitrogens with zero attached hydrogens (tertiary/aromatic N) is 3. The summed E-state index contributed by atoms with van der Waals surface area (Å²) in [5.74, 6) is -0.328. The maximum absolute atomic E-state index is 13.0. The molecule has 1 aromatic rings. The Kier molecular flexibility index (Phi) is 5.41. The van der Waals surface area contributed by atoms with Crippen molar-refractivity contribution in [2.24, 2.45) is 0 Å². The van der Waals surface area contributed by atoms with E-state index in [1.54, 1.807) is 0 Å². The van der Waals surface area contributed by atoms with Gasteiger partial charge in [0, 0.05) is 39.3 Å². The van der Waals surface area contributed by atoms with Crippen LogP contribution in [0.5, 0.6) is 0 Å². The second kappa shape index (κ2) is 7.39. The normalized spacial score (nSPS) is 21.4. The molecule has 1 amide bonds. The largest absolute Gasteiger partial charge is 0.341 e. The minimum Gasteiger partial charge on any atom is -0.341 e. The second-order valence-corrected chi connectivity index (χ2v) is 8.54. The highest BCUT2D eigenvalue weighted by Gasteiger charge is 2.33. The molecular formula is C17H24FN3O3S. The molecule has 1 atom stereocenters. The summed E-state index contributed by atoms with van der Waals surface area (Å²) in [6, 6.07) is 4.65. The average Bonchev–Trinajstić information content (AvgIpc) is 3.15. The molecule has 2 aliphatic rings. The zero-order valence-electron chi connectivity index (χ0n) is 14.4. The maximum Gasteiger partial charge on any atom is 0.243 e. The van der Waals surface area contributed by atoms with Crippen molar-refractivity contribution in [1.29, 1.82) is 0 Å². The highest BCUT2D eigenvalue weighted by Crippen LogP contribution is 2.20. The van der Waals surface area contributed by atoms with Crippen molar-refractivity contribution in [2.45, 2.75) is 30.7 Å². The van der Waals surface area contributed by atoms with Gasteiger partial charge in [0.15, 0.2) is 0 Å². The minimum atomic E-state index is -3.62. The number of hydrogen-bond acceptors (Lipinski definition) is 4. The molecule has 0 N–H and O–H groups in total. The SMILES string of the molecule is CC(C(=O)N1CCCC1)N1CCN(S(=O)(=O)c2ccc(F)cc2)CC1. The quantitative estimate of drug-likeness (QED) is 0.799. The van der Waals surface area contributed by atoms with Gasteiger partial charge in [0.25, 0.3) is 0 Å². The van der Waals surface area contributed by atoms with Gasteiger partial charge in [-0.15, -0.1) is 0 Å². The molecule has 138 valence electrons. The number of halogens is 1. The third-order valence-corrected chi connectivity index (χ3v) is 6.96. The van der Waals surface area contributed by atoms with Gasteiger partial charge in [-0.25, -0.2) is 12.8 Å². The second-order valence-electron chi connectivity index (χ2n) is 6.60. The Morgan fingerprint density at radius 3 is 2.12 bits per heavy atom. The molecule has 0 saturated carbocycles. The summed E-state index contributed by atoms with van der Waals surface area (Å²) < 4.78 is 39.7. The molecule has 8 heteroatoms. The number of rotatable bonds is 4. The fourth-order valence-electron chi connectivity index (χ4n) is 3.44. The first-order valence-electron chi connectivity index (χ1n) is 8.68. The Morgan fingerprint density at radius 2 is 1.56 bits per heavy atom. The van der Waals surface area contributed by atoms with Gasteiger partial charge >= 0.3 is 0 Å². The molecule has 0 aromatic heterocycles. The maximum atomic E-state index is 13.0. The number of carbonyl (C=O) groups is 1. The zero-order valence-corrected chi connectivity index (χ0v) is 15.2. The lowest BCUT2D eigenvalue weighted by atomic mass is 10.2. The molecule has 1 aromatic carbocycles. The first kappa shape index (κ1) is 18.3. The van der Waals surface area contributed by atoms with E-state index in [2.05, 4.69) is 0 Å². The van der Waals surface area contributed by atoms with Crippen LogP contribution in [0.15, 0.2) is 29.2 Å². The van der Waals surface area contributed by atoms with Crippen LogP contribution in [0.25, 0.3) is 0 Å². The summed E-state index contributed by atoms with van der Waals surface area (Å²) in [6.07, 6.45) is 2.12. The molecule has 2 fully saturated rings. The van der Waals surface area contributed by atoms with Crippen molar-refractivity contribution in [3.8, 4) is 0 Å². The molecule has 25 heavy (non-hydrogen) atoms. The fraction of sp³-hybridized carbons (Fsp3) is 0.588. The average molecular weight is 369 g/mol. The monoisotopic (exact) mass is 369 g/mol. The lowest BCUT2D eigenvalue weighted by molar-refractivity contribution is -0.135. The number of amides is 1. The van der Waals surface area contributed by atoms with Gasteiger partial charge in [-0.3, -0.25) is 9.69 Å². The predicted molar refractivity (Wildman–Crippen MR) is 92.0 cm³/mol. The van der Waals surface area contributed by atoms with Gasteiger partial charge in [-0.2, -0.15) is 4.31 Å². The van der Waals surface area contributed by atoms with E-state index in [1.165, 1.54) is 16.4 Å². The van der Waals surface area contributed by atoms with Crippen LogP contribution in [0.2, 0.25) is 0 Å². The number of carbonyl (C=O) groups excluding carboxylic acids is 1. The summed E-state index contributed by atoms with van der Waals surface area (Å²) in [5, 5.41) is 0. The van der Waals surface area contributed by atoms with Crippen molar-refractivity contribution in [3.05, 3.63) is 30.1 Å².